The molecular weight excluding hydrogens is 555 g/mol. The Labute approximate surface area is 219 Å². The molecule has 1 aromatic heterocycles. The number of anilines is 2. The van der Waals surface area contributed by atoms with Crippen LogP contribution in [0.3, 0.4) is 0 Å². The lowest BCUT2D eigenvalue weighted by molar-refractivity contribution is -0.133. The molecule has 3 amide bonds. The van der Waals surface area contributed by atoms with Crippen LogP contribution in [0.2, 0.25) is 10.0 Å². The number of amides is 3. The highest BCUT2D eigenvalue weighted by atomic mass is 79.9. The fourth-order valence-corrected chi connectivity index (χ4v) is 4.21. The minimum atomic E-state index is -0.960. The average molecular weight is 574 g/mol. The maximum atomic E-state index is 13.2. The van der Waals surface area contributed by atoms with E-state index in [0.717, 1.165) is 4.47 Å². The molecule has 7 nitrogen and oxygen atoms in total. The summed E-state index contributed by atoms with van der Waals surface area (Å²) in [6, 6.07) is 17.1. The largest absolute Gasteiger partial charge is 0.328 e. The van der Waals surface area contributed by atoms with E-state index in [1.807, 2.05) is 0 Å². The molecule has 1 heterocycles. The molecule has 10 heteroatoms. The quantitative estimate of drug-likeness (QED) is 0.251. The number of aromatic nitrogens is 1. The van der Waals surface area contributed by atoms with Gasteiger partial charge in [0, 0.05) is 31.3 Å². The number of carbonyl (C=O) groups is 3. The molecule has 0 spiro atoms. The van der Waals surface area contributed by atoms with Crippen molar-refractivity contribution >= 4 is 79.1 Å². The van der Waals surface area contributed by atoms with Crippen LogP contribution in [0, 0.1) is 13.8 Å². The van der Waals surface area contributed by atoms with E-state index in [2.05, 4.69) is 32.0 Å². The van der Waals surface area contributed by atoms with Gasteiger partial charge in [0.1, 0.15) is 5.69 Å². The number of fused-ring (bicyclic) bond motifs is 1. The summed E-state index contributed by atoms with van der Waals surface area (Å²) in [5.41, 5.74) is 5.45. The van der Waals surface area contributed by atoms with Crippen LogP contribution in [0.25, 0.3) is 10.9 Å². The Bertz CT molecular complexity index is 1500. The Hall–Kier alpha value is -3.33. The van der Waals surface area contributed by atoms with Gasteiger partial charge in [-0.3, -0.25) is 19.8 Å². The monoisotopic (exact) mass is 572 g/mol. The highest BCUT2D eigenvalue weighted by Crippen LogP contribution is 2.27. The van der Waals surface area contributed by atoms with Crippen molar-refractivity contribution in [3.05, 3.63) is 92.0 Å². The number of hydrogen-bond acceptors (Lipinski definition) is 3. The van der Waals surface area contributed by atoms with Crippen LogP contribution in [0.5, 0.6) is 0 Å². The molecule has 0 fully saturated rings. The zero-order valence-corrected chi connectivity index (χ0v) is 21.7. The third-order valence-electron chi connectivity index (χ3n) is 5.45. The highest BCUT2D eigenvalue weighted by Gasteiger charge is 2.22. The van der Waals surface area contributed by atoms with E-state index in [1.165, 1.54) is 4.68 Å². The predicted molar refractivity (Wildman–Crippen MR) is 143 cm³/mol. The second-order valence-corrected chi connectivity index (χ2v) is 9.47. The summed E-state index contributed by atoms with van der Waals surface area (Å²) >= 11 is 15.7. The molecule has 0 aliphatic heterocycles. The Balaban J connectivity index is 1.65. The van der Waals surface area contributed by atoms with Crippen molar-refractivity contribution in [2.45, 2.75) is 13.8 Å². The lowest BCUT2D eigenvalue weighted by Gasteiger charge is -2.14. The summed E-state index contributed by atoms with van der Waals surface area (Å²) < 4.78 is 2.07. The summed E-state index contributed by atoms with van der Waals surface area (Å²) in [5, 5.41) is 7.01. The molecule has 0 aliphatic rings. The van der Waals surface area contributed by atoms with E-state index < -0.39 is 17.7 Å². The topological polar surface area (TPSA) is 92.2 Å². The van der Waals surface area contributed by atoms with E-state index in [0.29, 0.717) is 43.4 Å². The standard InChI is InChI=1S/C25H19BrCl2N4O3/c1-13-17(27)5-3-7-19(13)29-23(33)22-12-15-11-16(26)9-10-21(15)32(22)31-25(35)24(34)30-20-8-4-6-18(28)14(20)2/h3-12H,1-2H3,(H,29,33)(H,30,34)(H,31,35). The van der Waals surface area contributed by atoms with E-state index in [1.54, 1.807) is 74.5 Å². The maximum Gasteiger partial charge on any atom is 0.328 e. The molecule has 0 saturated heterocycles. The van der Waals surface area contributed by atoms with Gasteiger partial charge < -0.3 is 10.6 Å². The number of nitrogens with zero attached hydrogens (tertiary/aromatic N) is 1. The first-order valence-electron chi connectivity index (χ1n) is 10.4. The third-order valence-corrected chi connectivity index (χ3v) is 6.76. The van der Waals surface area contributed by atoms with Gasteiger partial charge in [-0.1, -0.05) is 51.3 Å². The number of carbonyl (C=O) groups excluding carboxylic acids is 3. The number of rotatable bonds is 4. The second-order valence-electron chi connectivity index (χ2n) is 7.74. The normalized spacial score (nSPS) is 10.8. The van der Waals surface area contributed by atoms with E-state index in [-0.39, 0.29) is 5.69 Å². The molecule has 4 rings (SSSR count). The molecule has 3 aromatic carbocycles. The first-order chi connectivity index (χ1) is 16.7. The number of nitrogens with one attached hydrogen (secondary N) is 3. The maximum absolute atomic E-state index is 13.2. The first kappa shape index (κ1) is 24.8. The summed E-state index contributed by atoms with van der Waals surface area (Å²) in [4.78, 5) is 38.7. The van der Waals surface area contributed by atoms with Crippen molar-refractivity contribution < 1.29 is 14.4 Å². The van der Waals surface area contributed by atoms with E-state index >= 15 is 0 Å². The predicted octanol–water partition coefficient (Wildman–Crippen LogP) is 6.29. The van der Waals surface area contributed by atoms with E-state index in [4.69, 9.17) is 23.2 Å². The molecule has 178 valence electrons. The molecular formula is C25H19BrCl2N4O3. The van der Waals surface area contributed by atoms with Gasteiger partial charge in [-0.15, -0.1) is 0 Å². The lowest BCUT2D eigenvalue weighted by atomic mass is 10.2. The number of benzene rings is 3. The van der Waals surface area contributed by atoms with Crippen LogP contribution >= 0.6 is 39.1 Å². The van der Waals surface area contributed by atoms with Gasteiger partial charge in [0.15, 0.2) is 0 Å². The van der Waals surface area contributed by atoms with Crippen LogP contribution in [0.4, 0.5) is 11.4 Å². The van der Waals surface area contributed by atoms with Crippen molar-refractivity contribution in [1.29, 1.82) is 0 Å². The van der Waals surface area contributed by atoms with Crippen LogP contribution in [0.1, 0.15) is 21.6 Å². The molecule has 0 radical (unpaired) electrons. The van der Waals surface area contributed by atoms with Gasteiger partial charge in [0.05, 0.1) is 5.52 Å². The second kappa shape index (κ2) is 10.1. The fraction of sp³-hybridized carbons (Fsp3) is 0.0800. The van der Waals surface area contributed by atoms with Crippen LogP contribution in [-0.4, -0.2) is 22.4 Å². The molecule has 0 unspecified atom stereocenters. The van der Waals surface area contributed by atoms with E-state index in [9.17, 15) is 14.4 Å². The Morgan fingerprint density at radius 2 is 1.40 bits per heavy atom. The number of halogens is 3. The fourth-order valence-electron chi connectivity index (χ4n) is 3.48. The van der Waals surface area contributed by atoms with Crippen molar-refractivity contribution in [1.82, 2.24) is 4.68 Å². The van der Waals surface area contributed by atoms with Gasteiger partial charge in [0.25, 0.3) is 5.91 Å². The zero-order chi connectivity index (χ0) is 25.3. The molecule has 0 atom stereocenters. The van der Waals surface area contributed by atoms with Gasteiger partial charge >= 0.3 is 11.8 Å². The van der Waals surface area contributed by atoms with Gasteiger partial charge in [-0.05, 0) is 73.5 Å². The Kier molecular flexibility index (Phi) is 7.16. The van der Waals surface area contributed by atoms with Crippen LogP contribution in [-0.2, 0) is 9.59 Å². The molecule has 0 aliphatic carbocycles. The molecule has 0 bridgehead atoms. The molecule has 0 saturated carbocycles. The molecule has 4 aromatic rings. The first-order valence-corrected chi connectivity index (χ1v) is 12.0. The van der Waals surface area contributed by atoms with Crippen molar-refractivity contribution in [2.24, 2.45) is 0 Å². The Morgan fingerprint density at radius 3 is 2.03 bits per heavy atom. The number of hydrogen-bond donors (Lipinski definition) is 3. The van der Waals surface area contributed by atoms with Crippen molar-refractivity contribution in [2.75, 3.05) is 16.1 Å². The summed E-state index contributed by atoms with van der Waals surface area (Å²) in [6.45, 7) is 3.52. The minimum absolute atomic E-state index is 0.123. The van der Waals surface area contributed by atoms with Crippen molar-refractivity contribution in [3.63, 3.8) is 0 Å². The smallest absolute Gasteiger partial charge is 0.320 e. The summed E-state index contributed by atoms with van der Waals surface area (Å²) in [5.74, 6) is -2.36. The molecule has 3 N–H and O–H groups in total. The van der Waals surface area contributed by atoms with Gasteiger partial charge in [-0.2, -0.15) is 0 Å². The lowest BCUT2D eigenvalue weighted by Crippen LogP contribution is -2.36. The SMILES string of the molecule is Cc1c(Cl)cccc1NC(=O)C(=O)Nn1c(C(=O)Nc2cccc(Cl)c2C)cc2cc(Br)ccc21. The van der Waals surface area contributed by atoms with Crippen molar-refractivity contribution in [3.8, 4) is 0 Å². The highest BCUT2D eigenvalue weighted by molar-refractivity contribution is 9.10. The van der Waals surface area contributed by atoms with Crippen LogP contribution in [0.15, 0.2) is 65.1 Å². The Morgan fingerprint density at radius 1 is 0.800 bits per heavy atom. The van der Waals surface area contributed by atoms with Crippen LogP contribution < -0.4 is 16.1 Å². The minimum Gasteiger partial charge on any atom is -0.320 e. The van der Waals surface area contributed by atoms with Gasteiger partial charge in [0.2, 0.25) is 0 Å². The average Bonchev–Trinajstić information content (AvgIpc) is 3.17. The third kappa shape index (κ3) is 5.19. The summed E-state index contributed by atoms with van der Waals surface area (Å²) in [6.07, 6.45) is 0. The zero-order valence-electron chi connectivity index (χ0n) is 18.6. The summed E-state index contributed by atoms with van der Waals surface area (Å²) in [7, 11) is 0. The molecule has 35 heavy (non-hydrogen) atoms. The van der Waals surface area contributed by atoms with Gasteiger partial charge in [-0.25, -0.2) is 4.68 Å².